The van der Waals surface area contributed by atoms with Gasteiger partial charge in [-0.1, -0.05) is 6.07 Å². The van der Waals surface area contributed by atoms with Gasteiger partial charge in [-0.2, -0.15) is 9.61 Å². The lowest BCUT2D eigenvalue weighted by molar-refractivity contribution is 0.635. The molecule has 0 aliphatic heterocycles. The number of aromatic amines is 1. The van der Waals surface area contributed by atoms with Crippen LogP contribution in [0.5, 0.6) is 0 Å². The van der Waals surface area contributed by atoms with Crippen molar-refractivity contribution in [2.24, 2.45) is 7.05 Å². The van der Waals surface area contributed by atoms with Crippen molar-refractivity contribution in [3.8, 4) is 11.4 Å². The number of halogens is 1. The minimum absolute atomic E-state index is 0.127. The topological polar surface area (TPSA) is 80.9 Å². The maximum Gasteiger partial charge on any atom is 0.348 e. The number of nitrogens with one attached hydrogen (secondary N) is 1. The molecule has 7 nitrogen and oxygen atoms in total. The number of rotatable bonds is 1. The summed E-state index contributed by atoms with van der Waals surface area (Å²) in [4.78, 5) is 19.0. The van der Waals surface area contributed by atoms with Crippen LogP contribution < -0.4 is 5.69 Å². The van der Waals surface area contributed by atoms with Crippen molar-refractivity contribution >= 4 is 16.6 Å². The number of hydrogen-bond acceptors (Lipinski definition) is 4. The van der Waals surface area contributed by atoms with Crippen LogP contribution in [0.2, 0.25) is 0 Å². The molecule has 0 atom stereocenters. The molecule has 0 fully saturated rings. The minimum Gasteiger partial charge on any atom is -0.303 e. The largest absolute Gasteiger partial charge is 0.348 e. The first-order valence-electron chi connectivity index (χ1n) is 6.62. The fourth-order valence-electron chi connectivity index (χ4n) is 2.46. The van der Waals surface area contributed by atoms with Crippen LogP contribution in [0.25, 0.3) is 27.9 Å². The molecule has 110 valence electrons. The minimum atomic E-state index is -0.534. The van der Waals surface area contributed by atoms with Gasteiger partial charge in [0.1, 0.15) is 5.82 Å². The lowest BCUT2D eigenvalue weighted by Crippen LogP contribution is -2.17. The molecule has 0 radical (unpaired) electrons. The van der Waals surface area contributed by atoms with E-state index in [1.807, 2.05) is 14.0 Å². The maximum atomic E-state index is 13.9. The molecule has 3 heterocycles. The van der Waals surface area contributed by atoms with Crippen LogP contribution >= 0.6 is 0 Å². The number of aromatic nitrogens is 6. The quantitative estimate of drug-likeness (QED) is 0.576. The van der Waals surface area contributed by atoms with Gasteiger partial charge in [0.25, 0.3) is 0 Å². The summed E-state index contributed by atoms with van der Waals surface area (Å²) < 4.78 is 16.7. The number of benzene rings is 1. The van der Waals surface area contributed by atoms with Crippen molar-refractivity contribution in [3.63, 3.8) is 0 Å². The van der Waals surface area contributed by atoms with Crippen LogP contribution in [-0.4, -0.2) is 29.4 Å². The summed E-state index contributed by atoms with van der Waals surface area (Å²) in [6.45, 7) is 1.88. The fourth-order valence-corrected chi connectivity index (χ4v) is 2.46. The molecular formula is C14H11FN6O. The molecule has 3 aromatic heterocycles. The molecule has 0 spiro atoms. The smallest absolute Gasteiger partial charge is 0.303 e. The molecule has 8 heteroatoms. The van der Waals surface area contributed by atoms with Crippen molar-refractivity contribution in [1.82, 2.24) is 29.4 Å². The summed E-state index contributed by atoms with van der Waals surface area (Å²) >= 11 is 0. The van der Waals surface area contributed by atoms with Gasteiger partial charge in [0.2, 0.25) is 0 Å². The lowest BCUT2D eigenvalue weighted by atomic mass is 10.2. The van der Waals surface area contributed by atoms with Gasteiger partial charge in [0, 0.05) is 18.1 Å². The third kappa shape index (κ3) is 1.60. The monoisotopic (exact) mass is 298 g/mol. The molecule has 0 aliphatic rings. The van der Waals surface area contributed by atoms with Crippen LogP contribution in [0.4, 0.5) is 4.39 Å². The van der Waals surface area contributed by atoms with Crippen molar-refractivity contribution < 1.29 is 4.39 Å². The second-order valence-electron chi connectivity index (χ2n) is 5.03. The zero-order valence-electron chi connectivity index (χ0n) is 11.8. The van der Waals surface area contributed by atoms with Crippen molar-refractivity contribution in [2.75, 3.05) is 0 Å². The average molecular weight is 298 g/mol. The Kier molecular flexibility index (Phi) is 2.44. The normalized spacial score (nSPS) is 11.6. The number of nitrogens with zero attached hydrogens (tertiary/aromatic N) is 5. The third-order valence-electron chi connectivity index (χ3n) is 3.76. The van der Waals surface area contributed by atoms with Crippen molar-refractivity contribution in [1.29, 1.82) is 0 Å². The Morgan fingerprint density at radius 2 is 2.14 bits per heavy atom. The van der Waals surface area contributed by atoms with Crippen molar-refractivity contribution in [3.05, 3.63) is 46.4 Å². The number of aryl methyl sites for hydroxylation is 1. The van der Waals surface area contributed by atoms with E-state index in [0.29, 0.717) is 16.9 Å². The Bertz CT molecular complexity index is 1090. The summed E-state index contributed by atoms with van der Waals surface area (Å²) in [6, 6.07) is 4.55. The first-order valence-corrected chi connectivity index (χ1v) is 6.62. The van der Waals surface area contributed by atoms with Crippen molar-refractivity contribution in [2.45, 2.75) is 6.92 Å². The molecule has 1 aromatic carbocycles. The second kappa shape index (κ2) is 4.23. The van der Waals surface area contributed by atoms with E-state index in [4.69, 9.17) is 0 Å². The van der Waals surface area contributed by atoms with E-state index in [1.54, 1.807) is 23.0 Å². The van der Waals surface area contributed by atoms with Crippen LogP contribution in [0, 0.1) is 12.7 Å². The number of hydrogen-bond donors (Lipinski definition) is 1. The summed E-state index contributed by atoms with van der Waals surface area (Å²) in [5.41, 5.74) is 1.52. The Morgan fingerprint density at radius 1 is 1.32 bits per heavy atom. The first kappa shape index (κ1) is 12.7. The third-order valence-corrected chi connectivity index (χ3v) is 3.76. The van der Waals surface area contributed by atoms with Crippen LogP contribution in [-0.2, 0) is 7.05 Å². The van der Waals surface area contributed by atoms with E-state index >= 15 is 0 Å². The molecular weight excluding hydrogens is 287 g/mol. The zero-order chi connectivity index (χ0) is 15.4. The maximum absolute atomic E-state index is 13.9. The Hall–Kier alpha value is -3.03. The van der Waals surface area contributed by atoms with E-state index < -0.39 is 11.5 Å². The highest BCUT2D eigenvalue weighted by Crippen LogP contribution is 2.22. The summed E-state index contributed by atoms with van der Waals surface area (Å²) in [7, 11) is 1.81. The molecule has 4 aromatic rings. The SMILES string of the molecule is Cc1c(-c2nc3c4cccc(F)c4[nH]c(=O)n3n2)cnn1C. The molecule has 0 saturated heterocycles. The molecule has 0 saturated carbocycles. The van der Waals surface area contributed by atoms with Gasteiger partial charge in [-0.3, -0.25) is 4.68 Å². The molecule has 0 aliphatic carbocycles. The molecule has 0 unspecified atom stereocenters. The highest BCUT2D eigenvalue weighted by atomic mass is 19.1. The number of para-hydroxylation sites is 1. The van der Waals surface area contributed by atoms with Crippen LogP contribution in [0.3, 0.4) is 0 Å². The van der Waals surface area contributed by atoms with Gasteiger partial charge in [-0.25, -0.2) is 14.2 Å². The summed E-state index contributed by atoms with van der Waals surface area (Å²) in [5.74, 6) is -0.118. The summed E-state index contributed by atoms with van der Waals surface area (Å²) in [6.07, 6.45) is 1.64. The Balaban J connectivity index is 2.12. The molecule has 22 heavy (non-hydrogen) atoms. The zero-order valence-corrected chi connectivity index (χ0v) is 11.8. The van der Waals surface area contributed by atoms with Gasteiger partial charge in [0.05, 0.1) is 17.3 Å². The highest BCUT2D eigenvalue weighted by Gasteiger charge is 2.16. The van der Waals surface area contributed by atoms with Gasteiger partial charge < -0.3 is 4.98 Å². The van der Waals surface area contributed by atoms with Gasteiger partial charge >= 0.3 is 5.69 Å². The number of fused-ring (bicyclic) bond motifs is 3. The predicted octanol–water partition coefficient (Wildman–Crippen LogP) is 1.42. The van der Waals surface area contributed by atoms with Gasteiger partial charge in [0.15, 0.2) is 11.5 Å². The van der Waals surface area contributed by atoms with Crippen LogP contribution in [0.1, 0.15) is 5.69 Å². The molecule has 0 bridgehead atoms. The highest BCUT2D eigenvalue weighted by molar-refractivity contribution is 5.91. The van der Waals surface area contributed by atoms with Crippen LogP contribution in [0.15, 0.2) is 29.2 Å². The predicted molar refractivity (Wildman–Crippen MR) is 78.0 cm³/mol. The second-order valence-corrected chi connectivity index (χ2v) is 5.03. The van der Waals surface area contributed by atoms with Gasteiger partial charge in [-0.05, 0) is 19.1 Å². The van der Waals surface area contributed by atoms with E-state index in [9.17, 15) is 9.18 Å². The van der Waals surface area contributed by atoms with E-state index in [1.165, 1.54) is 6.07 Å². The fraction of sp³-hybridized carbons (Fsp3) is 0.143. The Labute approximate surface area is 123 Å². The molecule has 1 N–H and O–H groups in total. The van der Waals surface area contributed by atoms with E-state index in [-0.39, 0.29) is 5.52 Å². The standard InChI is InChI=1S/C14H11FN6O/c1-7-9(6-16-20(7)2)12-18-13-8-4-3-5-10(15)11(8)17-14(22)21(13)19-12/h3-6H,1-2H3,(H,17,22). The Morgan fingerprint density at radius 3 is 2.86 bits per heavy atom. The molecule has 4 rings (SSSR count). The van der Waals surface area contributed by atoms with E-state index in [2.05, 4.69) is 20.2 Å². The summed E-state index contributed by atoms with van der Waals surface area (Å²) in [5, 5.41) is 8.87. The van der Waals surface area contributed by atoms with E-state index in [0.717, 1.165) is 15.8 Å². The average Bonchev–Trinajstić information content (AvgIpc) is 3.06. The van der Waals surface area contributed by atoms with Gasteiger partial charge in [-0.15, -0.1) is 5.10 Å². The lowest BCUT2D eigenvalue weighted by Gasteiger charge is -1.99. The molecule has 0 amide bonds. The first-order chi connectivity index (χ1) is 10.6. The number of H-pyrrole nitrogens is 1.